The van der Waals surface area contributed by atoms with Crippen LogP contribution in [0.5, 0.6) is 0 Å². The molecular formula is C25H34N11O11P. The Balaban J connectivity index is 1.55. The molecule has 23 heteroatoms. The number of aromatic amines is 2. The zero-order chi connectivity index (χ0) is 35.2. The number of aromatic nitrogens is 4. The lowest BCUT2D eigenvalue weighted by Gasteiger charge is -2.26. The summed E-state index contributed by atoms with van der Waals surface area (Å²) < 4.78 is 44.5. The second-order valence-corrected chi connectivity index (χ2v) is 12.7. The molecule has 0 spiro atoms. The van der Waals surface area contributed by atoms with Crippen LogP contribution in [-0.2, 0) is 32.6 Å². The Bertz CT molecular complexity index is 1780. The molecule has 0 radical (unpaired) electrons. The normalized spacial score (nSPS) is 25.4. The molecule has 260 valence electrons. The number of ether oxygens (including phenoxy) is 3. The molecule has 4 rings (SSSR count). The molecule has 2 unspecified atom stereocenters. The summed E-state index contributed by atoms with van der Waals surface area (Å²) in [5, 5.41) is 9.89. The lowest BCUT2D eigenvalue weighted by atomic mass is 10.1. The Labute approximate surface area is 270 Å². The molecule has 2 aromatic rings. The molecule has 2 aliphatic rings. The van der Waals surface area contributed by atoms with Crippen molar-refractivity contribution in [2.24, 2.45) is 10.2 Å². The Morgan fingerprint density at radius 2 is 1.40 bits per heavy atom. The molecule has 0 aromatic carbocycles. The lowest BCUT2D eigenvalue weighted by Crippen LogP contribution is -2.37. The Morgan fingerprint density at radius 3 is 1.79 bits per heavy atom. The van der Waals surface area contributed by atoms with E-state index >= 15 is 0 Å². The highest BCUT2D eigenvalue weighted by Crippen LogP contribution is 2.47. The standard InChI is InChI=1S/C25H34N11O11P/c1-5-43-23(39)14(4)32-48(42,44-10-17-15(30-33-26)6-19(46-17)35-8-12(2)21(37)28-24(35)40)45-11-18-16(31-34-27)7-20(47-18)36-9-13(3)22(38)29-25(36)41/h8-9,14-20H,5-7,10-11H2,1-4H3,(H,32,42)(H,28,37,40)(H,29,38,41)/t14?,15-,16+,17+,18-,19+,20-,48?. The fourth-order valence-electron chi connectivity index (χ4n) is 5.06. The third kappa shape index (κ3) is 8.49. The zero-order valence-electron chi connectivity index (χ0n) is 26.2. The van der Waals surface area contributed by atoms with Crippen LogP contribution in [0.25, 0.3) is 20.9 Å². The maximum Gasteiger partial charge on any atom is 0.406 e. The Kier molecular flexibility index (Phi) is 11.8. The monoisotopic (exact) mass is 695 g/mol. The molecule has 22 nitrogen and oxygen atoms in total. The topological polar surface area (TPSA) is 300 Å². The molecule has 0 aliphatic carbocycles. The SMILES string of the molecule is CCOC(=O)C(C)NP(=O)(OC[C@@H]1O[C@H](n2cc(C)c(=O)[nH]c2=O)C[C@H]1N=[N+]=[N-])OC[C@H]1O[C@@H](n2cc(C)c(=O)[nH]c2=O)C[C@@H]1N=[N+]=[N-]. The summed E-state index contributed by atoms with van der Waals surface area (Å²) in [5.74, 6) is -0.779. The van der Waals surface area contributed by atoms with Crippen molar-refractivity contribution in [3.8, 4) is 0 Å². The van der Waals surface area contributed by atoms with Gasteiger partial charge in [0.25, 0.3) is 11.1 Å². The van der Waals surface area contributed by atoms with E-state index in [1.54, 1.807) is 6.92 Å². The van der Waals surface area contributed by atoms with Crippen molar-refractivity contribution in [1.29, 1.82) is 0 Å². The molecular weight excluding hydrogens is 661 g/mol. The van der Waals surface area contributed by atoms with Gasteiger partial charge in [0.2, 0.25) is 0 Å². The molecule has 0 amide bonds. The first-order valence-electron chi connectivity index (χ1n) is 14.7. The summed E-state index contributed by atoms with van der Waals surface area (Å²) in [6.45, 7) is 4.87. The van der Waals surface area contributed by atoms with Gasteiger partial charge in [0.05, 0.1) is 44.1 Å². The number of aryl methyl sites for hydroxylation is 2. The van der Waals surface area contributed by atoms with Crippen LogP contribution in [0.3, 0.4) is 0 Å². The lowest BCUT2D eigenvalue weighted by molar-refractivity contribution is -0.144. The minimum atomic E-state index is -4.49. The third-order valence-electron chi connectivity index (χ3n) is 7.53. The number of azide groups is 2. The summed E-state index contributed by atoms with van der Waals surface area (Å²) in [6.07, 6.45) is -1.55. The first kappa shape index (κ1) is 36.3. The smallest absolute Gasteiger partial charge is 0.406 e. The van der Waals surface area contributed by atoms with E-state index in [4.69, 9.17) is 34.3 Å². The fourth-order valence-corrected chi connectivity index (χ4v) is 6.55. The fraction of sp³-hybridized carbons (Fsp3) is 0.640. The molecule has 2 aromatic heterocycles. The predicted molar refractivity (Wildman–Crippen MR) is 164 cm³/mol. The number of nitrogens with zero attached hydrogens (tertiary/aromatic N) is 8. The van der Waals surface area contributed by atoms with Crippen LogP contribution in [-0.4, -0.2) is 75.2 Å². The van der Waals surface area contributed by atoms with Crippen LogP contribution in [0.2, 0.25) is 0 Å². The third-order valence-corrected chi connectivity index (χ3v) is 9.21. The Morgan fingerprint density at radius 1 is 0.958 bits per heavy atom. The number of hydrogen-bond donors (Lipinski definition) is 3. The molecule has 4 heterocycles. The van der Waals surface area contributed by atoms with Gasteiger partial charge in [0, 0.05) is 46.2 Å². The van der Waals surface area contributed by atoms with Gasteiger partial charge in [-0.25, -0.2) is 19.2 Å². The summed E-state index contributed by atoms with van der Waals surface area (Å²) in [4.78, 5) is 70.9. The first-order chi connectivity index (χ1) is 22.8. The minimum Gasteiger partial charge on any atom is -0.465 e. The number of carbonyl (C=O) groups is 1. The van der Waals surface area contributed by atoms with Crippen LogP contribution in [0, 0.1) is 13.8 Å². The minimum absolute atomic E-state index is 0.00393. The van der Waals surface area contributed by atoms with E-state index in [-0.39, 0.29) is 30.6 Å². The number of H-pyrrole nitrogens is 2. The van der Waals surface area contributed by atoms with Crippen molar-refractivity contribution in [2.45, 2.75) is 83.3 Å². The van der Waals surface area contributed by atoms with Gasteiger partial charge in [0.15, 0.2) is 0 Å². The van der Waals surface area contributed by atoms with E-state index in [1.165, 1.54) is 33.2 Å². The molecule has 2 aliphatic heterocycles. The van der Waals surface area contributed by atoms with E-state index in [1.807, 2.05) is 0 Å². The van der Waals surface area contributed by atoms with Gasteiger partial charge in [-0.05, 0) is 38.8 Å². The van der Waals surface area contributed by atoms with Crippen molar-refractivity contribution in [2.75, 3.05) is 19.8 Å². The average molecular weight is 696 g/mol. The number of carbonyl (C=O) groups excluding carboxylic acids is 1. The van der Waals surface area contributed by atoms with E-state index in [0.29, 0.717) is 0 Å². The van der Waals surface area contributed by atoms with Crippen molar-refractivity contribution in [3.05, 3.63) is 86.1 Å². The van der Waals surface area contributed by atoms with E-state index in [2.05, 4.69) is 35.1 Å². The van der Waals surface area contributed by atoms with Gasteiger partial charge in [-0.3, -0.25) is 42.5 Å². The highest BCUT2D eigenvalue weighted by atomic mass is 31.2. The molecule has 0 saturated carbocycles. The van der Waals surface area contributed by atoms with Crippen molar-refractivity contribution in [3.63, 3.8) is 0 Å². The first-order valence-corrected chi connectivity index (χ1v) is 16.2. The van der Waals surface area contributed by atoms with Gasteiger partial charge in [0.1, 0.15) is 18.5 Å². The highest BCUT2D eigenvalue weighted by molar-refractivity contribution is 7.51. The maximum absolute atomic E-state index is 14.1. The van der Waals surface area contributed by atoms with Crippen LogP contribution in [0.15, 0.2) is 41.8 Å². The average Bonchev–Trinajstić information content (AvgIpc) is 3.63. The van der Waals surface area contributed by atoms with Crippen molar-refractivity contribution < 1.29 is 32.6 Å². The number of esters is 1. The highest BCUT2D eigenvalue weighted by Gasteiger charge is 2.42. The van der Waals surface area contributed by atoms with Gasteiger partial charge >= 0.3 is 25.1 Å². The van der Waals surface area contributed by atoms with Gasteiger partial charge < -0.3 is 14.2 Å². The molecule has 48 heavy (non-hydrogen) atoms. The van der Waals surface area contributed by atoms with E-state index in [9.17, 15) is 28.5 Å². The van der Waals surface area contributed by atoms with E-state index < -0.39 is 92.2 Å². The number of nitrogens with one attached hydrogen (secondary N) is 3. The van der Waals surface area contributed by atoms with E-state index in [0.717, 1.165) is 9.13 Å². The maximum atomic E-state index is 14.1. The number of hydrogen-bond acceptors (Lipinski definition) is 13. The molecule has 2 saturated heterocycles. The number of rotatable bonds is 14. The Hall–Kier alpha value is -4.52. The second kappa shape index (κ2) is 15.6. The zero-order valence-corrected chi connectivity index (χ0v) is 27.1. The van der Waals surface area contributed by atoms with Gasteiger partial charge in [-0.15, -0.1) is 0 Å². The predicted octanol–water partition coefficient (Wildman–Crippen LogP) is 1.32. The van der Waals surface area contributed by atoms with Crippen LogP contribution in [0.1, 0.15) is 50.3 Å². The molecule has 0 bridgehead atoms. The van der Waals surface area contributed by atoms with Crippen LogP contribution < -0.4 is 27.6 Å². The summed E-state index contributed by atoms with van der Waals surface area (Å²) >= 11 is 0. The molecule has 8 atom stereocenters. The molecule has 2 fully saturated rings. The van der Waals surface area contributed by atoms with Crippen LogP contribution >= 0.6 is 7.75 Å². The molecule has 3 N–H and O–H groups in total. The van der Waals surface area contributed by atoms with Gasteiger partial charge in [-0.2, -0.15) is 0 Å². The van der Waals surface area contributed by atoms with Crippen molar-refractivity contribution in [1.82, 2.24) is 24.2 Å². The van der Waals surface area contributed by atoms with Crippen LogP contribution in [0.4, 0.5) is 0 Å². The quantitative estimate of drug-likeness (QED) is 0.0829. The summed E-state index contributed by atoms with van der Waals surface area (Å²) in [7, 11) is -4.49. The largest absolute Gasteiger partial charge is 0.465 e. The van der Waals surface area contributed by atoms with Gasteiger partial charge in [-0.1, -0.05) is 10.2 Å². The summed E-state index contributed by atoms with van der Waals surface area (Å²) in [5.41, 5.74) is 16.0. The van der Waals surface area contributed by atoms with Crippen molar-refractivity contribution >= 4 is 13.7 Å². The second-order valence-electron chi connectivity index (χ2n) is 10.9. The summed E-state index contributed by atoms with van der Waals surface area (Å²) in [6, 6.07) is -3.04.